The van der Waals surface area contributed by atoms with Crippen molar-refractivity contribution in [2.24, 2.45) is 4.99 Å². The van der Waals surface area contributed by atoms with Gasteiger partial charge in [-0.25, -0.2) is 9.79 Å². The third kappa shape index (κ3) is 5.61. The molecule has 0 saturated heterocycles. The highest BCUT2D eigenvalue weighted by Crippen LogP contribution is 2.41. The number of halogens is 1. The van der Waals surface area contributed by atoms with E-state index in [-0.39, 0.29) is 18.3 Å². The predicted molar refractivity (Wildman–Crippen MR) is 167 cm³/mol. The molecule has 1 aliphatic rings. The van der Waals surface area contributed by atoms with Crippen molar-refractivity contribution >= 4 is 45.8 Å². The molecule has 1 aliphatic heterocycles. The van der Waals surface area contributed by atoms with Crippen LogP contribution < -0.4 is 24.4 Å². The maximum absolute atomic E-state index is 14.3. The van der Waals surface area contributed by atoms with Crippen LogP contribution in [0.1, 0.15) is 57.7 Å². The molecule has 0 amide bonds. The molecule has 1 aromatic heterocycles. The van der Waals surface area contributed by atoms with E-state index in [4.69, 9.17) is 30.8 Å². The SMILES string of the molecule is CCCC1=C(C(=O)OCC)[C@H](c2c(OC)ccc3ccccc23)n2c(s/c(=C/c3cc(Cl)ccc3OC(C)C)c2=O)=N1. The van der Waals surface area contributed by atoms with E-state index in [1.165, 1.54) is 11.3 Å². The number of nitrogens with zero attached hydrogens (tertiary/aromatic N) is 2. The summed E-state index contributed by atoms with van der Waals surface area (Å²) in [5.74, 6) is 0.683. The lowest BCUT2D eigenvalue weighted by Gasteiger charge is -2.28. The smallest absolute Gasteiger partial charge is 0.338 e. The average Bonchev–Trinajstić information content (AvgIpc) is 3.27. The Labute approximate surface area is 253 Å². The number of aromatic nitrogens is 1. The number of fused-ring (bicyclic) bond motifs is 2. The molecule has 0 unspecified atom stereocenters. The van der Waals surface area contributed by atoms with Crippen LogP contribution in [0.4, 0.5) is 0 Å². The molecule has 5 rings (SSSR count). The van der Waals surface area contributed by atoms with E-state index in [9.17, 15) is 9.59 Å². The number of carbonyl (C=O) groups excluding carboxylic acids is 1. The number of methoxy groups -OCH3 is 1. The van der Waals surface area contributed by atoms with E-state index in [0.29, 0.717) is 54.7 Å². The lowest BCUT2D eigenvalue weighted by molar-refractivity contribution is -0.139. The zero-order valence-corrected chi connectivity index (χ0v) is 25.8. The molecule has 2 heterocycles. The van der Waals surface area contributed by atoms with Gasteiger partial charge in [0, 0.05) is 16.1 Å². The van der Waals surface area contributed by atoms with Gasteiger partial charge in [0.25, 0.3) is 5.56 Å². The molecule has 0 N–H and O–H groups in total. The number of thiazole rings is 1. The third-order valence-corrected chi connectivity index (χ3v) is 8.16. The van der Waals surface area contributed by atoms with Gasteiger partial charge >= 0.3 is 5.97 Å². The van der Waals surface area contributed by atoms with Crippen LogP contribution in [-0.2, 0) is 9.53 Å². The zero-order chi connectivity index (χ0) is 30.0. The molecule has 3 aromatic carbocycles. The van der Waals surface area contributed by atoms with Crippen LogP contribution in [0, 0.1) is 0 Å². The molecule has 7 nitrogen and oxygen atoms in total. The zero-order valence-electron chi connectivity index (χ0n) is 24.3. The van der Waals surface area contributed by atoms with E-state index < -0.39 is 12.0 Å². The molecule has 0 radical (unpaired) electrons. The second-order valence-corrected chi connectivity index (χ2v) is 11.6. The van der Waals surface area contributed by atoms with Crippen molar-refractivity contribution in [2.75, 3.05) is 13.7 Å². The summed E-state index contributed by atoms with van der Waals surface area (Å²) in [4.78, 5) is 33.4. The van der Waals surface area contributed by atoms with Crippen molar-refractivity contribution in [3.05, 3.63) is 102 Å². The van der Waals surface area contributed by atoms with E-state index >= 15 is 0 Å². The number of hydrogen-bond donors (Lipinski definition) is 0. The van der Waals surface area contributed by atoms with Gasteiger partial charge in [0.1, 0.15) is 17.5 Å². The maximum Gasteiger partial charge on any atom is 0.338 e. The summed E-state index contributed by atoms with van der Waals surface area (Å²) in [5.41, 5.74) is 2.06. The number of ether oxygens (including phenoxy) is 3. The van der Waals surface area contributed by atoms with Crippen molar-refractivity contribution in [3.63, 3.8) is 0 Å². The van der Waals surface area contributed by atoms with E-state index in [1.807, 2.05) is 57.2 Å². The quantitative estimate of drug-likeness (QED) is 0.213. The Hall–Kier alpha value is -3.88. The molecule has 1 atom stereocenters. The van der Waals surface area contributed by atoms with Crippen LogP contribution in [-0.4, -0.2) is 30.4 Å². The third-order valence-electron chi connectivity index (χ3n) is 6.94. The Morgan fingerprint density at radius 2 is 1.88 bits per heavy atom. The van der Waals surface area contributed by atoms with E-state index in [0.717, 1.165) is 17.2 Å². The van der Waals surface area contributed by atoms with Crippen molar-refractivity contribution in [2.45, 2.75) is 52.7 Å². The van der Waals surface area contributed by atoms with Crippen molar-refractivity contribution in [3.8, 4) is 11.5 Å². The van der Waals surface area contributed by atoms with Gasteiger partial charge in [0.05, 0.1) is 35.6 Å². The van der Waals surface area contributed by atoms with Crippen LogP contribution in [0.15, 0.2) is 75.7 Å². The number of esters is 1. The highest BCUT2D eigenvalue weighted by Gasteiger charge is 2.37. The molecular weight excluding hydrogens is 572 g/mol. The molecule has 0 aliphatic carbocycles. The van der Waals surface area contributed by atoms with Gasteiger partial charge in [0.2, 0.25) is 0 Å². The minimum atomic E-state index is -0.809. The number of allylic oxidation sites excluding steroid dienone is 1. The topological polar surface area (TPSA) is 79.1 Å². The predicted octanol–water partition coefficient (Wildman–Crippen LogP) is 6.18. The van der Waals surface area contributed by atoms with E-state index in [2.05, 4.69) is 0 Å². The molecule has 0 bridgehead atoms. The minimum Gasteiger partial charge on any atom is -0.496 e. The molecule has 218 valence electrons. The van der Waals surface area contributed by atoms with Gasteiger partial charge in [0.15, 0.2) is 4.80 Å². The summed E-state index contributed by atoms with van der Waals surface area (Å²) in [6.07, 6.45) is 3.01. The molecular formula is C33H33ClN2O5S. The Morgan fingerprint density at radius 1 is 1.12 bits per heavy atom. The summed E-state index contributed by atoms with van der Waals surface area (Å²) >= 11 is 7.61. The van der Waals surface area contributed by atoms with Gasteiger partial charge in [-0.2, -0.15) is 0 Å². The van der Waals surface area contributed by atoms with Crippen LogP contribution in [0.25, 0.3) is 16.8 Å². The summed E-state index contributed by atoms with van der Waals surface area (Å²) in [5, 5.41) is 2.36. The maximum atomic E-state index is 14.3. The Balaban J connectivity index is 1.86. The lowest BCUT2D eigenvalue weighted by atomic mass is 9.90. The summed E-state index contributed by atoms with van der Waals surface area (Å²) in [6.45, 7) is 7.87. The Kier molecular flexibility index (Phi) is 8.85. The lowest BCUT2D eigenvalue weighted by Crippen LogP contribution is -2.40. The Morgan fingerprint density at radius 3 is 2.60 bits per heavy atom. The van der Waals surface area contributed by atoms with Crippen LogP contribution >= 0.6 is 22.9 Å². The number of hydrogen-bond acceptors (Lipinski definition) is 7. The van der Waals surface area contributed by atoms with Gasteiger partial charge < -0.3 is 14.2 Å². The van der Waals surface area contributed by atoms with Gasteiger partial charge in [-0.15, -0.1) is 0 Å². The van der Waals surface area contributed by atoms with Gasteiger partial charge in [-0.3, -0.25) is 9.36 Å². The van der Waals surface area contributed by atoms with Gasteiger partial charge in [-0.05, 0) is 68.3 Å². The number of carbonyl (C=O) groups is 1. The fourth-order valence-electron chi connectivity index (χ4n) is 5.26. The molecule has 0 fully saturated rings. The van der Waals surface area contributed by atoms with Crippen molar-refractivity contribution in [1.29, 1.82) is 0 Å². The summed E-state index contributed by atoms with van der Waals surface area (Å²) < 4.78 is 19.5. The number of rotatable bonds is 9. The minimum absolute atomic E-state index is 0.0675. The normalized spacial score (nSPS) is 15.1. The van der Waals surface area contributed by atoms with E-state index in [1.54, 1.807) is 42.9 Å². The highest BCUT2D eigenvalue weighted by atomic mass is 35.5. The van der Waals surface area contributed by atoms with Gasteiger partial charge in [-0.1, -0.05) is 66.6 Å². The molecule has 4 aromatic rings. The first-order chi connectivity index (χ1) is 20.3. The second-order valence-electron chi connectivity index (χ2n) is 10.2. The monoisotopic (exact) mass is 604 g/mol. The molecule has 9 heteroatoms. The standard InChI is InChI=1S/C33H33ClN2O5S/c1-6-10-24-29(32(38)40-7-2)30(28-23-12-9-8-11-20(23)13-15-26(28)39-5)36-31(37)27(42-33(36)35-24)18-21-17-22(34)14-16-25(21)41-19(3)4/h8-9,11-19,30H,6-7,10H2,1-5H3/b27-18+/t30-/m0/s1. The highest BCUT2D eigenvalue weighted by molar-refractivity contribution is 7.07. The largest absolute Gasteiger partial charge is 0.496 e. The summed E-state index contributed by atoms with van der Waals surface area (Å²) in [6, 6.07) is 16.2. The number of benzene rings is 3. The first-order valence-electron chi connectivity index (χ1n) is 14.0. The Bertz CT molecular complexity index is 1870. The molecule has 0 saturated carbocycles. The fraction of sp³-hybridized carbons (Fsp3) is 0.303. The van der Waals surface area contributed by atoms with Crippen molar-refractivity contribution in [1.82, 2.24) is 4.57 Å². The first-order valence-corrected chi connectivity index (χ1v) is 15.2. The summed E-state index contributed by atoms with van der Waals surface area (Å²) in [7, 11) is 1.59. The molecule has 42 heavy (non-hydrogen) atoms. The molecule has 0 spiro atoms. The van der Waals surface area contributed by atoms with Crippen molar-refractivity contribution < 1.29 is 19.0 Å². The van der Waals surface area contributed by atoms with Crippen LogP contribution in [0.5, 0.6) is 11.5 Å². The van der Waals surface area contributed by atoms with Crippen LogP contribution in [0.3, 0.4) is 0 Å². The fourth-order valence-corrected chi connectivity index (χ4v) is 6.46. The average molecular weight is 605 g/mol. The van der Waals surface area contributed by atoms with Crippen LogP contribution in [0.2, 0.25) is 5.02 Å². The first kappa shape index (κ1) is 29.6. The second kappa shape index (κ2) is 12.5.